The fourth-order valence-corrected chi connectivity index (χ4v) is 4.47. The van der Waals surface area contributed by atoms with Gasteiger partial charge in [-0.3, -0.25) is 14.7 Å². The van der Waals surface area contributed by atoms with Gasteiger partial charge in [0.2, 0.25) is 0 Å². The minimum Gasteiger partial charge on any atom is -0.351 e. The molecular formula is C21H22ClN3OS. The first-order valence-electron chi connectivity index (χ1n) is 9.26. The largest absolute Gasteiger partial charge is 0.351 e. The third kappa shape index (κ3) is 4.67. The van der Waals surface area contributed by atoms with Gasteiger partial charge in [0.25, 0.3) is 5.91 Å². The number of aromatic nitrogens is 1. The fourth-order valence-electron chi connectivity index (χ4n) is 3.65. The molecule has 1 fully saturated rings. The molecule has 1 aliphatic rings. The van der Waals surface area contributed by atoms with E-state index in [-0.39, 0.29) is 5.91 Å². The molecule has 3 aromatic rings. The molecule has 1 aromatic carbocycles. The lowest BCUT2D eigenvalue weighted by molar-refractivity contribution is 0.0934. The average Bonchev–Trinajstić information content (AvgIpc) is 3.21. The lowest BCUT2D eigenvalue weighted by Crippen LogP contribution is -2.40. The molecule has 1 unspecified atom stereocenters. The Labute approximate surface area is 168 Å². The summed E-state index contributed by atoms with van der Waals surface area (Å²) in [4.78, 5) is 20.1. The molecule has 0 bridgehead atoms. The summed E-state index contributed by atoms with van der Waals surface area (Å²) in [6.07, 6.45) is 2.31. The highest BCUT2D eigenvalue weighted by molar-refractivity contribution is 7.12. The van der Waals surface area contributed by atoms with Crippen LogP contribution >= 0.6 is 22.9 Å². The van der Waals surface area contributed by atoms with Crippen LogP contribution in [0.1, 0.15) is 28.2 Å². The number of carbonyl (C=O) groups excluding carboxylic acids is 1. The SMILES string of the molecule is O=C(NCC1CCCN(Cc2ccc3cc(Cl)ccc3n2)C1)c1cccs1. The number of hydrogen-bond acceptors (Lipinski definition) is 4. The number of rotatable bonds is 5. The normalized spacial score (nSPS) is 17.9. The van der Waals surface area contributed by atoms with Crippen LogP contribution in [0.5, 0.6) is 0 Å². The van der Waals surface area contributed by atoms with Crippen LogP contribution in [0.15, 0.2) is 47.8 Å². The zero-order chi connectivity index (χ0) is 18.6. The van der Waals surface area contributed by atoms with Gasteiger partial charge in [-0.25, -0.2) is 0 Å². The van der Waals surface area contributed by atoms with Crippen molar-refractivity contribution in [3.8, 4) is 0 Å². The Morgan fingerprint density at radius 2 is 2.22 bits per heavy atom. The summed E-state index contributed by atoms with van der Waals surface area (Å²) in [5.41, 5.74) is 2.06. The summed E-state index contributed by atoms with van der Waals surface area (Å²) >= 11 is 7.53. The van der Waals surface area contributed by atoms with Crippen molar-refractivity contribution in [2.75, 3.05) is 19.6 Å². The highest BCUT2D eigenvalue weighted by atomic mass is 35.5. The Kier molecular flexibility index (Phi) is 5.72. The van der Waals surface area contributed by atoms with Gasteiger partial charge in [-0.05, 0) is 61.0 Å². The van der Waals surface area contributed by atoms with E-state index in [2.05, 4.69) is 22.3 Å². The molecule has 4 rings (SSSR count). The first kappa shape index (κ1) is 18.4. The number of halogens is 1. The quantitative estimate of drug-likeness (QED) is 0.682. The molecule has 0 saturated carbocycles. The van der Waals surface area contributed by atoms with Gasteiger partial charge in [0.05, 0.1) is 16.1 Å². The van der Waals surface area contributed by atoms with E-state index in [9.17, 15) is 4.79 Å². The van der Waals surface area contributed by atoms with Gasteiger partial charge in [-0.2, -0.15) is 0 Å². The summed E-state index contributed by atoms with van der Waals surface area (Å²) in [5.74, 6) is 0.527. The van der Waals surface area contributed by atoms with E-state index in [4.69, 9.17) is 16.6 Å². The van der Waals surface area contributed by atoms with Crippen molar-refractivity contribution in [2.45, 2.75) is 19.4 Å². The molecule has 27 heavy (non-hydrogen) atoms. The minimum absolute atomic E-state index is 0.0389. The van der Waals surface area contributed by atoms with Gasteiger partial charge in [0.1, 0.15) is 0 Å². The summed E-state index contributed by atoms with van der Waals surface area (Å²) in [6.45, 7) is 3.64. The van der Waals surface area contributed by atoms with Gasteiger partial charge in [0.15, 0.2) is 0 Å². The molecule has 0 radical (unpaired) electrons. The maximum atomic E-state index is 12.1. The number of likely N-dealkylation sites (tertiary alicyclic amines) is 1. The molecule has 1 N–H and O–H groups in total. The molecule has 3 heterocycles. The Balaban J connectivity index is 1.34. The number of nitrogens with one attached hydrogen (secondary N) is 1. The smallest absolute Gasteiger partial charge is 0.261 e. The lowest BCUT2D eigenvalue weighted by atomic mass is 9.97. The van der Waals surface area contributed by atoms with Crippen LogP contribution in [0.4, 0.5) is 0 Å². The van der Waals surface area contributed by atoms with E-state index in [0.29, 0.717) is 5.92 Å². The Morgan fingerprint density at radius 3 is 3.07 bits per heavy atom. The average molecular weight is 400 g/mol. The van der Waals surface area contributed by atoms with Crippen LogP contribution in [0.3, 0.4) is 0 Å². The number of piperidine rings is 1. The van der Waals surface area contributed by atoms with Crippen LogP contribution < -0.4 is 5.32 Å². The number of pyridine rings is 1. The Hall–Kier alpha value is -1.95. The van der Waals surface area contributed by atoms with Crippen LogP contribution in [-0.4, -0.2) is 35.4 Å². The minimum atomic E-state index is 0.0389. The van der Waals surface area contributed by atoms with E-state index in [0.717, 1.165) is 65.5 Å². The second-order valence-corrected chi connectivity index (χ2v) is 8.45. The summed E-state index contributed by atoms with van der Waals surface area (Å²) in [6, 6.07) is 13.8. The van der Waals surface area contributed by atoms with Crippen molar-refractivity contribution in [3.05, 3.63) is 63.4 Å². The molecule has 1 atom stereocenters. The monoisotopic (exact) mass is 399 g/mol. The van der Waals surface area contributed by atoms with E-state index in [1.807, 2.05) is 35.7 Å². The predicted molar refractivity (Wildman–Crippen MR) is 111 cm³/mol. The predicted octanol–water partition coefficient (Wildman–Crippen LogP) is 4.59. The van der Waals surface area contributed by atoms with Crippen LogP contribution in [-0.2, 0) is 6.54 Å². The molecule has 2 aromatic heterocycles. The Bertz CT molecular complexity index is 928. The van der Waals surface area contributed by atoms with E-state index in [1.54, 1.807) is 0 Å². The van der Waals surface area contributed by atoms with E-state index >= 15 is 0 Å². The van der Waals surface area contributed by atoms with Gasteiger partial charge in [-0.15, -0.1) is 11.3 Å². The molecule has 4 nitrogen and oxygen atoms in total. The number of hydrogen-bond donors (Lipinski definition) is 1. The highest BCUT2D eigenvalue weighted by Crippen LogP contribution is 2.21. The third-order valence-electron chi connectivity index (χ3n) is 4.99. The Morgan fingerprint density at radius 1 is 1.30 bits per heavy atom. The van der Waals surface area contributed by atoms with Crippen molar-refractivity contribution >= 4 is 39.7 Å². The van der Waals surface area contributed by atoms with E-state index < -0.39 is 0 Å². The van der Waals surface area contributed by atoms with Crippen LogP contribution in [0, 0.1) is 5.92 Å². The van der Waals surface area contributed by atoms with Crippen molar-refractivity contribution in [3.63, 3.8) is 0 Å². The summed E-state index contributed by atoms with van der Waals surface area (Å²) < 4.78 is 0. The van der Waals surface area contributed by atoms with Crippen LogP contribution in [0.25, 0.3) is 10.9 Å². The number of thiophene rings is 1. The lowest BCUT2D eigenvalue weighted by Gasteiger charge is -2.32. The third-order valence-corrected chi connectivity index (χ3v) is 6.10. The van der Waals surface area contributed by atoms with Gasteiger partial charge in [0, 0.05) is 30.0 Å². The second kappa shape index (κ2) is 8.38. The van der Waals surface area contributed by atoms with Crippen LogP contribution in [0.2, 0.25) is 5.02 Å². The number of amides is 1. The fraction of sp³-hybridized carbons (Fsp3) is 0.333. The molecule has 6 heteroatoms. The highest BCUT2D eigenvalue weighted by Gasteiger charge is 2.21. The molecule has 1 saturated heterocycles. The number of nitrogens with zero attached hydrogens (tertiary/aromatic N) is 2. The first-order valence-corrected chi connectivity index (χ1v) is 10.5. The van der Waals surface area contributed by atoms with Gasteiger partial charge in [-0.1, -0.05) is 23.7 Å². The summed E-state index contributed by atoms with van der Waals surface area (Å²) in [5, 5.41) is 6.82. The zero-order valence-corrected chi connectivity index (χ0v) is 16.6. The topological polar surface area (TPSA) is 45.2 Å². The zero-order valence-electron chi connectivity index (χ0n) is 15.0. The molecule has 0 spiro atoms. The number of carbonyl (C=O) groups is 1. The van der Waals surface area contributed by atoms with Crippen molar-refractivity contribution in [2.24, 2.45) is 5.92 Å². The molecule has 140 valence electrons. The summed E-state index contributed by atoms with van der Waals surface area (Å²) in [7, 11) is 0. The van der Waals surface area contributed by atoms with Crippen molar-refractivity contribution < 1.29 is 4.79 Å². The second-order valence-electron chi connectivity index (χ2n) is 7.07. The van der Waals surface area contributed by atoms with E-state index in [1.165, 1.54) is 11.3 Å². The molecule has 1 aliphatic heterocycles. The van der Waals surface area contributed by atoms with Gasteiger partial charge >= 0.3 is 0 Å². The van der Waals surface area contributed by atoms with Crippen molar-refractivity contribution in [1.82, 2.24) is 15.2 Å². The first-order chi connectivity index (χ1) is 13.2. The molecule has 1 amide bonds. The standard InChI is InChI=1S/C21H22ClN3OS/c22-17-6-8-19-16(11-17)5-7-18(24-19)14-25-9-1-3-15(13-25)12-23-21(26)20-4-2-10-27-20/h2,4-8,10-11,15H,1,3,9,12-14H2,(H,23,26). The maximum absolute atomic E-state index is 12.1. The number of benzene rings is 1. The number of fused-ring (bicyclic) bond motifs is 1. The molecular weight excluding hydrogens is 378 g/mol. The maximum Gasteiger partial charge on any atom is 0.261 e. The van der Waals surface area contributed by atoms with Crippen molar-refractivity contribution in [1.29, 1.82) is 0 Å². The molecule has 0 aliphatic carbocycles. The van der Waals surface area contributed by atoms with Gasteiger partial charge < -0.3 is 5.32 Å².